The topological polar surface area (TPSA) is 102 Å². The minimum Gasteiger partial charge on any atom is -0.744 e. The summed E-state index contributed by atoms with van der Waals surface area (Å²) in [7, 11) is -2.23. The van der Waals surface area contributed by atoms with Gasteiger partial charge in [-0.3, -0.25) is 4.79 Å². The summed E-state index contributed by atoms with van der Waals surface area (Å²) in [4.78, 5) is 11.0. The van der Waals surface area contributed by atoms with Gasteiger partial charge in [0.15, 0.2) is 0 Å². The van der Waals surface area contributed by atoms with Crippen molar-refractivity contribution in [2.75, 3.05) is 10.6 Å². The fraction of sp³-hybridized carbons (Fsp3) is 0.120. The molecule has 3 aromatic carbocycles. The maximum absolute atomic E-state index is 11.2. The summed E-state index contributed by atoms with van der Waals surface area (Å²) in [6, 6.07) is 21.8. The number of amides is 1. The molecule has 7 nitrogen and oxygen atoms in total. The number of hydrogen-bond acceptors (Lipinski definition) is 6. The lowest BCUT2D eigenvalue weighted by Gasteiger charge is -2.05. The van der Waals surface area contributed by atoms with E-state index in [1.165, 1.54) is 19.1 Å². The maximum atomic E-state index is 11.2. The number of nitrogens with zero attached hydrogens (tertiary/aromatic N) is 1. The van der Waals surface area contributed by atoms with Gasteiger partial charge in [0, 0.05) is 36.6 Å². The van der Waals surface area contributed by atoms with Crippen molar-refractivity contribution in [3.05, 3.63) is 89.6 Å². The van der Waals surface area contributed by atoms with Crippen LogP contribution in [-0.4, -0.2) is 18.9 Å². The molecule has 0 fully saturated rings. The van der Waals surface area contributed by atoms with E-state index < -0.39 is 10.1 Å². The van der Waals surface area contributed by atoms with Crippen molar-refractivity contribution in [1.29, 1.82) is 0 Å². The second-order valence-electron chi connectivity index (χ2n) is 7.47. The molecular weight excluding hydrogens is 470 g/mol. The molecule has 0 atom stereocenters. The molecule has 1 heterocycles. The molecule has 34 heavy (non-hydrogen) atoms. The van der Waals surface area contributed by atoms with E-state index in [2.05, 4.69) is 21.3 Å². The summed E-state index contributed by atoms with van der Waals surface area (Å²) in [5.41, 5.74) is 3.95. The number of carbonyl (C=O) groups is 1. The number of aromatic nitrogens is 1. The molecule has 4 rings (SSSR count). The Labute approximate surface area is 203 Å². The molecule has 2 N–H and O–H groups in total. The van der Waals surface area contributed by atoms with E-state index in [0.717, 1.165) is 32.2 Å². The minimum absolute atomic E-state index is 0.0579. The van der Waals surface area contributed by atoms with Crippen LogP contribution in [0.5, 0.6) is 0 Å². The van der Waals surface area contributed by atoms with E-state index in [0.29, 0.717) is 0 Å². The highest BCUT2D eigenvalue weighted by Gasteiger charge is 2.15. The number of rotatable bonds is 5. The van der Waals surface area contributed by atoms with Crippen LogP contribution in [0.15, 0.2) is 83.9 Å². The molecule has 9 heteroatoms. The van der Waals surface area contributed by atoms with Crippen LogP contribution in [0, 0.1) is 6.92 Å². The first kappa shape index (κ1) is 25.1. The lowest BCUT2D eigenvalue weighted by molar-refractivity contribution is -0.642. The van der Waals surface area contributed by atoms with Crippen molar-refractivity contribution < 1.29 is 22.3 Å². The molecule has 1 aromatic heterocycles. The smallest absolute Gasteiger partial charge is 0.263 e. The van der Waals surface area contributed by atoms with Crippen molar-refractivity contribution >= 4 is 55.0 Å². The van der Waals surface area contributed by atoms with Crippen LogP contribution in [-0.2, 0) is 22.0 Å². The van der Waals surface area contributed by atoms with Crippen LogP contribution in [0.4, 0.5) is 11.4 Å². The predicted molar refractivity (Wildman–Crippen MR) is 136 cm³/mol. The highest BCUT2D eigenvalue weighted by atomic mass is 32.2. The van der Waals surface area contributed by atoms with Crippen molar-refractivity contribution in [3.8, 4) is 0 Å². The normalized spacial score (nSPS) is 11.2. The average Bonchev–Trinajstić information content (AvgIpc) is 3.09. The molecule has 0 aliphatic rings. The fourth-order valence-electron chi connectivity index (χ4n) is 3.05. The Bertz CT molecular complexity index is 1410. The quantitative estimate of drug-likeness (QED) is 0.310. The van der Waals surface area contributed by atoms with E-state index in [1.807, 2.05) is 68.7 Å². The number of anilines is 2. The minimum atomic E-state index is -4.27. The molecule has 0 aliphatic heterocycles. The van der Waals surface area contributed by atoms with Crippen LogP contribution in [0.3, 0.4) is 0 Å². The number of nitrogens with one attached hydrogen (secondary N) is 2. The Kier molecular flexibility index (Phi) is 8.17. The van der Waals surface area contributed by atoms with Crippen LogP contribution in [0.2, 0.25) is 0 Å². The van der Waals surface area contributed by atoms with E-state index in [9.17, 15) is 17.8 Å². The summed E-state index contributed by atoms with van der Waals surface area (Å²) in [5, 5.41) is 7.20. The third kappa shape index (κ3) is 6.98. The third-order valence-electron chi connectivity index (χ3n) is 4.75. The Hall–Kier alpha value is -3.53. The number of para-hydroxylation sites is 1. The van der Waals surface area contributed by atoms with Crippen LogP contribution >= 0.6 is 11.3 Å². The van der Waals surface area contributed by atoms with E-state index in [4.69, 9.17) is 0 Å². The van der Waals surface area contributed by atoms with Crippen LogP contribution in [0.25, 0.3) is 16.3 Å². The summed E-state index contributed by atoms with van der Waals surface area (Å²) in [5.74, 6) is -0.0579. The van der Waals surface area contributed by atoms with Gasteiger partial charge < -0.3 is 15.2 Å². The van der Waals surface area contributed by atoms with Crippen molar-refractivity contribution in [2.24, 2.45) is 7.05 Å². The van der Waals surface area contributed by atoms with Crippen LogP contribution in [0.1, 0.15) is 17.5 Å². The van der Waals surface area contributed by atoms with Gasteiger partial charge in [-0.2, -0.15) is 4.57 Å². The molecule has 0 aliphatic carbocycles. The first-order valence-corrected chi connectivity index (χ1v) is 12.6. The molecule has 0 radical (unpaired) electrons. The molecule has 0 unspecified atom stereocenters. The van der Waals surface area contributed by atoms with Gasteiger partial charge in [-0.25, -0.2) is 8.42 Å². The first-order chi connectivity index (χ1) is 16.1. The highest BCUT2D eigenvalue weighted by molar-refractivity contribution is 7.85. The molecule has 0 saturated heterocycles. The molecule has 4 aromatic rings. The Morgan fingerprint density at radius 3 is 2.29 bits per heavy atom. The molecule has 0 bridgehead atoms. The SMILES string of the molecule is CC(=O)Nc1ccc2c(c1)sc(C=CNc1ccccc1)[n+]2C.Cc1ccc(S(=O)(=O)[O-])cc1. The standard InChI is InChI=1S/C18H17N3OS.C7H8O3S/c1-13(22)20-15-8-9-16-17(12-15)23-18(21(16)2)10-11-19-14-6-4-3-5-7-14;1-6-2-4-7(5-3-6)11(8,9)10/h3-12H,1-2H3,(H,20,22);2-5H,1H3,(H,8,9,10). The predicted octanol–water partition coefficient (Wildman–Crippen LogP) is 4.67. The summed E-state index contributed by atoms with van der Waals surface area (Å²) in [6.45, 7) is 3.34. The van der Waals surface area contributed by atoms with Gasteiger partial charge in [0.05, 0.1) is 4.90 Å². The monoisotopic (exact) mass is 495 g/mol. The van der Waals surface area contributed by atoms with Gasteiger partial charge in [-0.05, 0) is 43.3 Å². The zero-order valence-corrected chi connectivity index (χ0v) is 20.6. The second-order valence-corrected chi connectivity index (χ2v) is 9.92. The van der Waals surface area contributed by atoms with Gasteiger partial charge in [0.2, 0.25) is 11.4 Å². The number of benzene rings is 3. The molecule has 0 spiro atoms. The second kappa shape index (κ2) is 11.1. The molecular formula is C25H25N3O4S2. The first-order valence-electron chi connectivity index (χ1n) is 10.3. The molecule has 1 amide bonds. The number of aryl methyl sites for hydroxylation is 2. The zero-order valence-electron chi connectivity index (χ0n) is 19.0. The van der Waals surface area contributed by atoms with Gasteiger partial charge in [0.25, 0.3) is 5.01 Å². The Morgan fingerprint density at radius 1 is 1.00 bits per heavy atom. The summed E-state index contributed by atoms with van der Waals surface area (Å²) < 4.78 is 34.4. The largest absolute Gasteiger partial charge is 0.744 e. The maximum Gasteiger partial charge on any atom is 0.263 e. The number of hydrogen-bond donors (Lipinski definition) is 2. The Morgan fingerprint density at radius 2 is 1.68 bits per heavy atom. The fourth-order valence-corrected chi connectivity index (χ4v) is 4.61. The Balaban J connectivity index is 0.000000248. The zero-order chi connectivity index (χ0) is 24.7. The van der Waals surface area contributed by atoms with E-state index in [-0.39, 0.29) is 10.8 Å². The van der Waals surface area contributed by atoms with E-state index >= 15 is 0 Å². The van der Waals surface area contributed by atoms with Gasteiger partial charge in [0.1, 0.15) is 21.9 Å². The number of fused-ring (bicyclic) bond motifs is 1. The number of carbonyl (C=O) groups excluding carboxylic acids is 1. The average molecular weight is 496 g/mol. The van der Waals surface area contributed by atoms with Gasteiger partial charge in [-0.15, -0.1) is 0 Å². The van der Waals surface area contributed by atoms with Crippen molar-refractivity contribution in [3.63, 3.8) is 0 Å². The highest BCUT2D eigenvalue weighted by Crippen LogP contribution is 2.24. The van der Waals surface area contributed by atoms with Gasteiger partial charge in [-0.1, -0.05) is 47.2 Å². The third-order valence-corrected chi connectivity index (χ3v) is 6.76. The number of thiazole rings is 1. The van der Waals surface area contributed by atoms with Crippen molar-refractivity contribution in [2.45, 2.75) is 18.7 Å². The molecule has 0 saturated carbocycles. The van der Waals surface area contributed by atoms with Crippen molar-refractivity contribution in [1.82, 2.24) is 0 Å². The van der Waals surface area contributed by atoms with E-state index in [1.54, 1.807) is 23.5 Å². The summed E-state index contributed by atoms with van der Waals surface area (Å²) >= 11 is 1.69. The van der Waals surface area contributed by atoms with Crippen LogP contribution < -0.4 is 15.2 Å². The summed E-state index contributed by atoms with van der Waals surface area (Å²) in [6.07, 6.45) is 3.99. The molecule has 176 valence electrons. The lowest BCUT2D eigenvalue weighted by Crippen LogP contribution is -2.28. The lowest BCUT2D eigenvalue weighted by atomic mass is 10.2. The van der Waals surface area contributed by atoms with Gasteiger partial charge >= 0.3 is 0 Å².